The molecule has 100 valence electrons. The van der Waals surface area contributed by atoms with Crippen LogP contribution in [0.4, 0.5) is 8.78 Å². The smallest absolute Gasteiger partial charge is 0.123 e. The first-order chi connectivity index (χ1) is 9.10. The Morgan fingerprint density at radius 1 is 1.11 bits per heavy atom. The Bertz CT molecular complexity index is 575. The second-order valence-electron chi connectivity index (χ2n) is 4.22. The molecule has 1 atom stereocenters. The molecule has 0 saturated carbocycles. The van der Waals surface area contributed by atoms with Gasteiger partial charge in [0.05, 0.1) is 6.04 Å². The van der Waals surface area contributed by atoms with Crippen LogP contribution in [0.1, 0.15) is 17.2 Å². The number of rotatable bonds is 4. The first-order valence-corrected chi connectivity index (χ1v) is 6.13. The predicted octanol–water partition coefficient (Wildman–Crippen LogP) is 3.37. The van der Waals surface area contributed by atoms with E-state index in [1.54, 1.807) is 12.1 Å². The van der Waals surface area contributed by atoms with Crippen LogP contribution in [0.15, 0.2) is 42.5 Å². The number of nitrogens with two attached hydrogens (primary N) is 1. The van der Waals surface area contributed by atoms with Gasteiger partial charge in [-0.05, 0) is 47.9 Å². The van der Waals surface area contributed by atoms with Gasteiger partial charge in [0.2, 0.25) is 0 Å². The summed E-state index contributed by atoms with van der Waals surface area (Å²) in [5, 5.41) is 0.417. The molecule has 0 heterocycles. The summed E-state index contributed by atoms with van der Waals surface area (Å²) >= 11 is 6.03. The summed E-state index contributed by atoms with van der Waals surface area (Å²) in [5.74, 6) is 4.77. The predicted molar refractivity (Wildman–Crippen MR) is 71.6 cm³/mol. The van der Waals surface area contributed by atoms with Gasteiger partial charge < -0.3 is 0 Å². The molecule has 5 heteroatoms. The van der Waals surface area contributed by atoms with Crippen molar-refractivity contribution >= 4 is 11.6 Å². The topological polar surface area (TPSA) is 38.0 Å². The zero-order valence-corrected chi connectivity index (χ0v) is 10.8. The molecule has 2 rings (SSSR count). The van der Waals surface area contributed by atoms with Gasteiger partial charge in [-0.25, -0.2) is 8.78 Å². The highest BCUT2D eigenvalue weighted by Gasteiger charge is 2.15. The minimum atomic E-state index is -0.390. The summed E-state index contributed by atoms with van der Waals surface area (Å²) in [5.41, 5.74) is 3.88. The summed E-state index contributed by atoms with van der Waals surface area (Å²) in [6.45, 7) is 0. The Kier molecular flexibility index (Phi) is 4.47. The Labute approximate surface area is 115 Å². The molecule has 0 aromatic heterocycles. The van der Waals surface area contributed by atoms with E-state index in [0.717, 1.165) is 5.56 Å². The summed E-state index contributed by atoms with van der Waals surface area (Å²) < 4.78 is 26.4. The minimum Gasteiger partial charge on any atom is -0.271 e. The molecule has 0 bridgehead atoms. The zero-order valence-electron chi connectivity index (χ0n) is 10.0. The van der Waals surface area contributed by atoms with E-state index in [9.17, 15) is 8.78 Å². The number of benzene rings is 2. The third-order valence-electron chi connectivity index (χ3n) is 2.86. The van der Waals surface area contributed by atoms with Crippen molar-refractivity contribution in [3.63, 3.8) is 0 Å². The molecule has 19 heavy (non-hydrogen) atoms. The van der Waals surface area contributed by atoms with Crippen LogP contribution in [-0.2, 0) is 6.42 Å². The van der Waals surface area contributed by atoms with E-state index >= 15 is 0 Å². The molecule has 0 fully saturated rings. The summed E-state index contributed by atoms with van der Waals surface area (Å²) in [6, 6.07) is 9.87. The van der Waals surface area contributed by atoms with Crippen molar-refractivity contribution in [2.45, 2.75) is 12.5 Å². The maximum absolute atomic E-state index is 13.3. The second-order valence-corrected chi connectivity index (χ2v) is 4.63. The van der Waals surface area contributed by atoms with Gasteiger partial charge in [0.15, 0.2) is 0 Å². The lowest BCUT2D eigenvalue weighted by atomic mass is 9.99. The van der Waals surface area contributed by atoms with Gasteiger partial charge >= 0.3 is 0 Å². The average molecular weight is 283 g/mol. The minimum absolute atomic E-state index is 0.321. The third kappa shape index (κ3) is 3.50. The van der Waals surface area contributed by atoms with Crippen LogP contribution >= 0.6 is 11.6 Å². The molecule has 0 saturated heterocycles. The van der Waals surface area contributed by atoms with Gasteiger partial charge in [0, 0.05) is 5.02 Å². The fourth-order valence-electron chi connectivity index (χ4n) is 1.94. The molecule has 0 aliphatic heterocycles. The second kappa shape index (κ2) is 6.10. The Morgan fingerprint density at radius 2 is 1.84 bits per heavy atom. The van der Waals surface area contributed by atoms with Gasteiger partial charge in [0.1, 0.15) is 11.6 Å². The van der Waals surface area contributed by atoms with E-state index in [2.05, 4.69) is 5.43 Å². The molecule has 0 radical (unpaired) electrons. The monoisotopic (exact) mass is 282 g/mol. The highest BCUT2D eigenvalue weighted by atomic mass is 35.5. The fourth-order valence-corrected chi connectivity index (χ4v) is 2.19. The Balaban J connectivity index is 2.27. The van der Waals surface area contributed by atoms with Crippen molar-refractivity contribution in [2.24, 2.45) is 5.84 Å². The van der Waals surface area contributed by atoms with Gasteiger partial charge in [-0.3, -0.25) is 11.3 Å². The quantitative estimate of drug-likeness (QED) is 0.666. The number of nitrogens with one attached hydrogen (secondary N) is 1. The lowest BCUT2D eigenvalue weighted by molar-refractivity contribution is 0.542. The summed E-state index contributed by atoms with van der Waals surface area (Å²) in [4.78, 5) is 0. The lowest BCUT2D eigenvalue weighted by Crippen LogP contribution is -2.30. The third-order valence-corrected chi connectivity index (χ3v) is 3.21. The van der Waals surface area contributed by atoms with Crippen LogP contribution in [0, 0.1) is 11.6 Å². The van der Waals surface area contributed by atoms with E-state index in [1.165, 1.54) is 30.3 Å². The lowest BCUT2D eigenvalue weighted by Gasteiger charge is -2.18. The molecule has 0 aliphatic rings. The molecule has 2 aromatic carbocycles. The summed E-state index contributed by atoms with van der Waals surface area (Å²) in [7, 11) is 0. The zero-order chi connectivity index (χ0) is 13.8. The first-order valence-electron chi connectivity index (χ1n) is 5.75. The van der Waals surface area contributed by atoms with E-state index < -0.39 is 0 Å². The highest BCUT2D eigenvalue weighted by molar-refractivity contribution is 6.31. The van der Waals surface area contributed by atoms with E-state index in [0.29, 0.717) is 17.0 Å². The van der Waals surface area contributed by atoms with Crippen molar-refractivity contribution in [1.82, 2.24) is 5.43 Å². The Hall–Kier alpha value is -1.49. The number of halogens is 3. The molecule has 0 spiro atoms. The fraction of sp³-hybridized carbons (Fsp3) is 0.143. The summed E-state index contributed by atoms with van der Waals surface area (Å²) in [6.07, 6.45) is 0.414. The van der Waals surface area contributed by atoms with Crippen molar-refractivity contribution in [2.75, 3.05) is 0 Å². The van der Waals surface area contributed by atoms with Crippen LogP contribution < -0.4 is 11.3 Å². The number of hydrogen-bond donors (Lipinski definition) is 2. The van der Waals surface area contributed by atoms with Gasteiger partial charge in [0.25, 0.3) is 0 Å². The van der Waals surface area contributed by atoms with Crippen LogP contribution in [0.3, 0.4) is 0 Å². The number of hydrazine groups is 1. The Morgan fingerprint density at radius 3 is 2.53 bits per heavy atom. The SMILES string of the molecule is NNC(Cc1cccc(F)c1)c1cc(F)ccc1Cl. The molecule has 1 unspecified atom stereocenters. The molecule has 3 N–H and O–H groups in total. The van der Waals surface area contributed by atoms with Crippen LogP contribution in [0.5, 0.6) is 0 Å². The molecule has 0 aliphatic carbocycles. The van der Waals surface area contributed by atoms with E-state index in [-0.39, 0.29) is 17.7 Å². The normalized spacial score (nSPS) is 12.4. The highest BCUT2D eigenvalue weighted by Crippen LogP contribution is 2.26. The standard InChI is InChI=1S/C14H13ClF2N2/c15-13-5-4-11(17)8-12(13)14(19-18)7-9-2-1-3-10(16)6-9/h1-6,8,14,19H,7,18H2. The van der Waals surface area contributed by atoms with Crippen LogP contribution in [0.25, 0.3) is 0 Å². The van der Waals surface area contributed by atoms with Crippen molar-refractivity contribution in [1.29, 1.82) is 0 Å². The van der Waals surface area contributed by atoms with E-state index in [4.69, 9.17) is 17.4 Å². The van der Waals surface area contributed by atoms with Crippen LogP contribution in [-0.4, -0.2) is 0 Å². The van der Waals surface area contributed by atoms with Crippen molar-refractivity contribution < 1.29 is 8.78 Å². The van der Waals surface area contributed by atoms with Gasteiger partial charge in [-0.2, -0.15) is 0 Å². The average Bonchev–Trinajstić information content (AvgIpc) is 2.39. The number of hydrogen-bond acceptors (Lipinski definition) is 2. The van der Waals surface area contributed by atoms with E-state index in [1.807, 2.05) is 0 Å². The van der Waals surface area contributed by atoms with Crippen molar-refractivity contribution in [3.05, 3.63) is 70.2 Å². The van der Waals surface area contributed by atoms with Gasteiger partial charge in [-0.15, -0.1) is 0 Å². The van der Waals surface area contributed by atoms with Crippen LogP contribution in [0.2, 0.25) is 5.02 Å². The molecular formula is C14H13ClF2N2. The maximum atomic E-state index is 13.3. The molecule has 2 nitrogen and oxygen atoms in total. The van der Waals surface area contributed by atoms with Crippen molar-refractivity contribution in [3.8, 4) is 0 Å². The molecular weight excluding hydrogens is 270 g/mol. The maximum Gasteiger partial charge on any atom is 0.123 e. The first kappa shape index (κ1) is 13.9. The largest absolute Gasteiger partial charge is 0.271 e. The molecule has 0 amide bonds. The molecule has 2 aromatic rings. The van der Waals surface area contributed by atoms with Gasteiger partial charge in [-0.1, -0.05) is 23.7 Å².